The lowest BCUT2D eigenvalue weighted by Crippen LogP contribution is -2.46. The van der Waals surface area contributed by atoms with E-state index in [1.807, 2.05) is 19.0 Å². The van der Waals surface area contributed by atoms with Gasteiger partial charge in [0.25, 0.3) is 0 Å². The Labute approximate surface area is 118 Å². The van der Waals surface area contributed by atoms with Gasteiger partial charge >= 0.3 is 0 Å². The molecule has 7 heteroatoms. The van der Waals surface area contributed by atoms with Gasteiger partial charge < -0.3 is 20.7 Å². The number of anilines is 2. The molecule has 1 aromatic heterocycles. The predicted octanol–water partition coefficient (Wildman–Crippen LogP) is 0.237. The lowest BCUT2D eigenvalue weighted by atomic mass is 9.79. The fourth-order valence-electron chi connectivity index (χ4n) is 2.19. The number of aromatic nitrogens is 2. The highest BCUT2D eigenvalue weighted by Gasteiger charge is 2.38. The van der Waals surface area contributed by atoms with E-state index in [1.165, 1.54) is 0 Å². The second-order valence-corrected chi connectivity index (χ2v) is 5.25. The number of amides is 1. The van der Waals surface area contributed by atoms with Gasteiger partial charge in [0.05, 0.1) is 5.41 Å². The van der Waals surface area contributed by atoms with Crippen LogP contribution in [0.25, 0.3) is 0 Å². The van der Waals surface area contributed by atoms with E-state index in [0.29, 0.717) is 44.4 Å². The Bertz CT molecular complexity index is 472. The van der Waals surface area contributed by atoms with Gasteiger partial charge in [0.2, 0.25) is 11.9 Å². The molecule has 1 amide bonds. The van der Waals surface area contributed by atoms with Crippen LogP contribution in [-0.4, -0.2) is 49.7 Å². The molecule has 1 aromatic rings. The molecule has 1 fully saturated rings. The van der Waals surface area contributed by atoms with Crippen molar-refractivity contribution in [2.75, 3.05) is 44.1 Å². The summed E-state index contributed by atoms with van der Waals surface area (Å²) in [6, 6.07) is 1.78. The molecule has 0 saturated carbocycles. The summed E-state index contributed by atoms with van der Waals surface area (Å²) in [5, 5.41) is 3.20. The number of carbonyl (C=O) groups is 1. The zero-order valence-corrected chi connectivity index (χ0v) is 11.9. The zero-order chi connectivity index (χ0) is 14.6. The lowest BCUT2D eigenvalue weighted by molar-refractivity contribution is -0.132. The van der Waals surface area contributed by atoms with Crippen molar-refractivity contribution in [1.29, 1.82) is 0 Å². The quantitative estimate of drug-likeness (QED) is 0.802. The summed E-state index contributed by atoms with van der Waals surface area (Å²) in [5.74, 6) is 1.03. The van der Waals surface area contributed by atoms with E-state index in [-0.39, 0.29) is 5.91 Å². The second-order valence-electron chi connectivity index (χ2n) is 5.25. The zero-order valence-electron chi connectivity index (χ0n) is 11.9. The molecule has 0 atom stereocenters. The van der Waals surface area contributed by atoms with Gasteiger partial charge in [-0.3, -0.25) is 4.79 Å². The maximum Gasteiger partial charge on any atom is 0.226 e. The molecule has 20 heavy (non-hydrogen) atoms. The highest BCUT2D eigenvalue weighted by molar-refractivity contribution is 5.81. The molecule has 1 aliphatic heterocycles. The molecule has 0 aromatic carbocycles. The summed E-state index contributed by atoms with van der Waals surface area (Å²) in [4.78, 5) is 22.1. The molecule has 2 heterocycles. The second kappa shape index (κ2) is 6.04. The van der Waals surface area contributed by atoms with Crippen molar-refractivity contribution in [1.82, 2.24) is 9.97 Å². The normalized spacial score (nSPS) is 17.5. The highest BCUT2D eigenvalue weighted by Crippen LogP contribution is 2.30. The Morgan fingerprint density at radius 2 is 2.20 bits per heavy atom. The van der Waals surface area contributed by atoms with Gasteiger partial charge in [0.1, 0.15) is 5.82 Å². The molecular weight excluding hydrogens is 258 g/mol. The Hall–Kier alpha value is -1.89. The number of nitrogens with two attached hydrogens (primary N) is 1. The van der Waals surface area contributed by atoms with Crippen LogP contribution >= 0.6 is 0 Å². The van der Waals surface area contributed by atoms with Crippen molar-refractivity contribution in [3.8, 4) is 0 Å². The predicted molar refractivity (Wildman–Crippen MR) is 76.5 cm³/mol. The Morgan fingerprint density at radius 1 is 1.50 bits per heavy atom. The van der Waals surface area contributed by atoms with Crippen LogP contribution in [0.5, 0.6) is 0 Å². The van der Waals surface area contributed by atoms with Gasteiger partial charge in [-0.15, -0.1) is 0 Å². The third kappa shape index (κ3) is 3.16. The fourth-order valence-corrected chi connectivity index (χ4v) is 2.19. The van der Waals surface area contributed by atoms with E-state index in [0.717, 1.165) is 0 Å². The highest BCUT2D eigenvalue weighted by atomic mass is 16.5. The van der Waals surface area contributed by atoms with E-state index in [9.17, 15) is 4.79 Å². The Kier molecular flexibility index (Phi) is 4.39. The first-order chi connectivity index (χ1) is 9.53. The molecule has 110 valence electrons. The number of rotatable bonds is 5. The van der Waals surface area contributed by atoms with Gasteiger partial charge in [-0.05, 0) is 18.9 Å². The topological polar surface area (TPSA) is 93.4 Å². The van der Waals surface area contributed by atoms with Crippen LogP contribution in [0.15, 0.2) is 12.3 Å². The smallest absolute Gasteiger partial charge is 0.226 e. The van der Waals surface area contributed by atoms with Crippen molar-refractivity contribution in [2.24, 2.45) is 11.1 Å². The van der Waals surface area contributed by atoms with Crippen LogP contribution in [-0.2, 0) is 9.53 Å². The monoisotopic (exact) mass is 279 g/mol. The number of primary amides is 1. The molecule has 1 saturated heterocycles. The van der Waals surface area contributed by atoms with Crippen LogP contribution in [0.3, 0.4) is 0 Å². The molecule has 7 nitrogen and oxygen atoms in total. The van der Waals surface area contributed by atoms with E-state index >= 15 is 0 Å². The number of nitrogens with zero attached hydrogens (tertiary/aromatic N) is 3. The molecule has 0 radical (unpaired) electrons. The Balaban J connectivity index is 2.06. The fraction of sp³-hybridized carbons (Fsp3) is 0.615. The number of hydrogen-bond donors (Lipinski definition) is 2. The summed E-state index contributed by atoms with van der Waals surface area (Å²) in [6.07, 6.45) is 2.97. The van der Waals surface area contributed by atoms with Crippen LogP contribution in [0, 0.1) is 5.41 Å². The largest absolute Gasteiger partial charge is 0.381 e. The van der Waals surface area contributed by atoms with Gasteiger partial charge in [0.15, 0.2) is 0 Å². The first-order valence-corrected chi connectivity index (χ1v) is 6.65. The minimum Gasteiger partial charge on any atom is -0.381 e. The SMILES string of the molecule is CN(C)c1nccc(NCC2(C(N)=O)CCOCC2)n1. The molecule has 0 bridgehead atoms. The molecule has 3 N–H and O–H groups in total. The van der Waals surface area contributed by atoms with Crippen LogP contribution in [0.1, 0.15) is 12.8 Å². The van der Waals surface area contributed by atoms with Crippen molar-refractivity contribution in [2.45, 2.75) is 12.8 Å². The summed E-state index contributed by atoms with van der Waals surface area (Å²) in [6.45, 7) is 1.60. The minimum atomic E-state index is -0.554. The van der Waals surface area contributed by atoms with Gasteiger partial charge in [0, 0.05) is 40.1 Å². The third-order valence-corrected chi connectivity index (χ3v) is 3.62. The van der Waals surface area contributed by atoms with Crippen molar-refractivity contribution in [3.05, 3.63) is 12.3 Å². The van der Waals surface area contributed by atoms with E-state index in [4.69, 9.17) is 10.5 Å². The maximum absolute atomic E-state index is 11.8. The molecule has 0 aliphatic carbocycles. The van der Waals surface area contributed by atoms with Crippen LogP contribution in [0.4, 0.5) is 11.8 Å². The van der Waals surface area contributed by atoms with Crippen molar-refractivity contribution in [3.63, 3.8) is 0 Å². The third-order valence-electron chi connectivity index (χ3n) is 3.62. The summed E-state index contributed by atoms with van der Waals surface area (Å²) >= 11 is 0. The first-order valence-electron chi connectivity index (χ1n) is 6.65. The molecule has 2 rings (SSSR count). The Morgan fingerprint density at radius 3 is 2.80 bits per heavy atom. The number of carbonyl (C=O) groups excluding carboxylic acids is 1. The van der Waals surface area contributed by atoms with Gasteiger partial charge in [-0.1, -0.05) is 0 Å². The molecule has 0 unspecified atom stereocenters. The lowest BCUT2D eigenvalue weighted by Gasteiger charge is -2.34. The summed E-state index contributed by atoms with van der Waals surface area (Å²) < 4.78 is 5.31. The van der Waals surface area contributed by atoms with Crippen molar-refractivity contribution >= 4 is 17.7 Å². The molecule has 1 aliphatic rings. The summed E-state index contributed by atoms with van der Waals surface area (Å²) in [5.41, 5.74) is 5.01. The molecule has 0 spiro atoms. The number of hydrogen-bond acceptors (Lipinski definition) is 6. The average Bonchev–Trinajstić information content (AvgIpc) is 2.46. The average molecular weight is 279 g/mol. The minimum absolute atomic E-state index is 0.282. The first kappa shape index (κ1) is 14.5. The van der Waals surface area contributed by atoms with Gasteiger partial charge in [-0.25, -0.2) is 4.98 Å². The van der Waals surface area contributed by atoms with Gasteiger partial charge in [-0.2, -0.15) is 4.98 Å². The van der Waals surface area contributed by atoms with Crippen LogP contribution in [0.2, 0.25) is 0 Å². The maximum atomic E-state index is 11.8. The van der Waals surface area contributed by atoms with Crippen LogP contribution < -0.4 is 16.0 Å². The number of ether oxygens (including phenoxy) is 1. The standard InChI is InChI=1S/C13H21N5O2/c1-18(2)12-15-6-3-10(17-12)16-9-13(11(14)19)4-7-20-8-5-13/h3,6H,4-5,7-9H2,1-2H3,(H2,14,19)(H,15,16,17). The number of nitrogens with one attached hydrogen (secondary N) is 1. The summed E-state index contributed by atoms with van der Waals surface area (Å²) in [7, 11) is 3.75. The van der Waals surface area contributed by atoms with E-state index in [2.05, 4.69) is 15.3 Å². The van der Waals surface area contributed by atoms with E-state index in [1.54, 1.807) is 12.3 Å². The van der Waals surface area contributed by atoms with Crippen molar-refractivity contribution < 1.29 is 9.53 Å². The van der Waals surface area contributed by atoms with E-state index < -0.39 is 5.41 Å². The molecular formula is C13H21N5O2.